The van der Waals surface area contributed by atoms with Gasteiger partial charge in [-0.25, -0.2) is 4.79 Å². The Labute approximate surface area is 191 Å². The molecule has 1 unspecified atom stereocenters. The average molecular weight is 450 g/mol. The van der Waals surface area contributed by atoms with Crippen molar-refractivity contribution in [2.75, 3.05) is 19.7 Å². The van der Waals surface area contributed by atoms with E-state index in [1.807, 2.05) is 48.5 Å². The first-order valence-electron chi connectivity index (χ1n) is 10.8. The molecule has 0 bridgehead atoms. The van der Waals surface area contributed by atoms with Gasteiger partial charge in [0.05, 0.1) is 5.56 Å². The van der Waals surface area contributed by atoms with E-state index in [0.29, 0.717) is 30.0 Å². The number of aliphatic hydroxyl groups is 1. The fraction of sp³-hybridized carbons (Fsp3) is 0.269. The van der Waals surface area contributed by atoms with Gasteiger partial charge in [-0.2, -0.15) is 0 Å². The molecule has 33 heavy (non-hydrogen) atoms. The van der Waals surface area contributed by atoms with Crippen molar-refractivity contribution >= 4 is 11.0 Å². The number of fused-ring (bicyclic) bond motifs is 1. The van der Waals surface area contributed by atoms with Crippen molar-refractivity contribution in [3.05, 3.63) is 81.7 Å². The van der Waals surface area contributed by atoms with Gasteiger partial charge in [0.1, 0.15) is 29.8 Å². The molecule has 0 aliphatic heterocycles. The van der Waals surface area contributed by atoms with Gasteiger partial charge in [-0.15, -0.1) is 0 Å². The number of benzene rings is 2. The summed E-state index contributed by atoms with van der Waals surface area (Å²) in [6.07, 6.45) is 0.162. The SMILES string of the molecule is Cc1c(-c2cc3cc(CCNCC(O)COc4ccccc4)ccc3o2)oc(=O)c(C)c1O. The molecule has 4 rings (SSSR count). The Morgan fingerprint density at radius 3 is 2.61 bits per heavy atom. The van der Waals surface area contributed by atoms with Crippen molar-refractivity contribution in [3.8, 4) is 23.0 Å². The summed E-state index contributed by atoms with van der Waals surface area (Å²) in [6.45, 7) is 4.56. The summed E-state index contributed by atoms with van der Waals surface area (Å²) in [7, 11) is 0. The second-order valence-electron chi connectivity index (χ2n) is 8.03. The molecule has 7 nitrogen and oxygen atoms in total. The molecule has 0 amide bonds. The van der Waals surface area contributed by atoms with Gasteiger partial charge >= 0.3 is 5.63 Å². The Balaban J connectivity index is 1.34. The summed E-state index contributed by atoms with van der Waals surface area (Å²) >= 11 is 0. The standard InChI is InChI=1S/C26H27NO6/c1-16-24(29)17(2)26(30)33-25(16)23-13-19-12-18(8-9-22(19)32-23)10-11-27-14-20(28)15-31-21-6-4-3-5-7-21/h3-9,12-13,20,27-29H,10-11,14-15H2,1-2H3. The van der Waals surface area contributed by atoms with Gasteiger partial charge in [0.2, 0.25) is 0 Å². The number of para-hydroxylation sites is 1. The Hall–Kier alpha value is -3.55. The Morgan fingerprint density at radius 2 is 1.82 bits per heavy atom. The second kappa shape index (κ2) is 9.94. The molecule has 2 aromatic heterocycles. The van der Waals surface area contributed by atoms with Crippen LogP contribution in [0.5, 0.6) is 11.5 Å². The van der Waals surface area contributed by atoms with Gasteiger partial charge in [-0.1, -0.05) is 24.3 Å². The smallest absolute Gasteiger partial charge is 0.343 e. The van der Waals surface area contributed by atoms with Crippen LogP contribution in [0.4, 0.5) is 0 Å². The lowest BCUT2D eigenvalue weighted by molar-refractivity contribution is 0.106. The molecule has 0 aliphatic rings. The zero-order valence-electron chi connectivity index (χ0n) is 18.6. The maximum atomic E-state index is 12.0. The van der Waals surface area contributed by atoms with E-state index in [2.05, 4.69) is 5.32 Å². The molecule has 0 spiro atoms. The van der Waals surface area contributed by atoms with Crippen molar-refractivity contribution in [2.24, 2.45) is 0 Å². The predicted molar refractivity (Wildman–Crippen MR) is 126 cm³/mol. The monoisotopic (exact) mass is 449 g/mol. The van der Waals surface area contributed by atoms with Crippen LogP contribution in [0, 0.1) is 13.8 Å². The molecule has 2 heterocycles. The molecule has 0 saturated heterocycles. The topological polar surface area (TPSA) is 105 Å². The van der Waals surface area contributed by atoms with Gasteiger partial charge in [-0.05, 0) is 62.7 Å². The number of rotatable bonds is 9. The van der Waals surface area contributed by atoms with Crippen LogP contribution < -0.4 is 15.7 Å². The lowest BCUT2D eigenvalue weighted by Gasteiger charge is -2.13. The Kier molecular flexibility index (Phi) is 6.82. The van der Waals surface area contributed by atoms with Crippen LogP contribution in [-0.2, 0) is 6.42 Å². The summed E-state index contributed by atoms with van der Waals surface area (Å²) in [5.74, 6) is 1.28. The minimum Gasteiger partial charge on any atom is -0.507 e. The van der Waals surface area contributed by atoms with Crippen LogP contribution in [0.15, 0.2) is 68.2 Å². The Morgan fingerprint density at radius 1 is 1.03 bits per heavy atom. The molecule has 7 heteroatoms. The highest BCUT2D eigenvalue weighted by atomic mass is 16.5. The minimum absolute atomic E-state index is 0.0789. The number of nitrogens with one attached hydrogen (secondary N) is 1. The number of aromatic hydroxyl groups is 1. The van der Waals surface area contributed by atoms with Crippen LogP contribution in [0.2, 0.25) is 0 Å². The van der Waals surface area contributed by atoms with E-state index >= 15 is 0 Å². The predicted octanol–water partition coefficient (Wildman–Crippen LogP) is 3.95. The highest BCUT2D eigenvalue weighted by Gasteiger charge is 2.18. The third kappa shape index (κ3) is 5.27. The minimum atomic E-state index is -0.604. The highest BCUT2D eigenvalue weighted by Crippen LogP contribution is 2.33. The van der Waals surface area contributed by atoms with Crippen molar-refractivity contribution in [3.63, 3.8) is 0 Å². The molecular weight excluding hydrogens is 422 g/mol. The van der Waals surface area contributed by atoms with Crippen LogP contribution in [-0.4, -0.2) is 36.0 Å². The normalized spacial score (nSPS) is 12.2. The summed E-state index contributed by atoms with van der Waals surface area (Å²) in [5, 5.41) is 24.4. The number of hydrogen-bond acceptors (Lipinski definition) is 7. The highest BCUT2D eigenvalue weighted by molar-refractivity contribution is 5.83. The fourth-order valence-electron chi connectivity index (χ4n) is 3.60. The Bertz CT molecular complexity index is 1290. The lowest BCUT2D eigenvalue weighted by atomic mass is 10.1. The first-order valence-corrected chi connectivity index (χ1v) is 10.8. The van der Waals surface area contributed by atoms with Crippen molar-refractivity contribution in [1.29, 1.82) is 0 Å². The lowest BCUT2D eigenvalue weighted by Crippen LogP contribution is -2.32. The van der Waals surface area contributed by atoms with E-state index in [1.165, 1.54) is 6.92 Å². The second-order valence-corrected chi connectivity index (χ2v) is 8.03. The van der Waals surface area contributed by atoms with Crippen LogP contribution in [0.3, 0.4) is 0 Å². The first kappa shape index (κ1) is 22.6. The molecule has 0 radical (unpaired) electrons. The van der Waals surface area contributed by atoms with E-state index in [4.69, 9.17) is 13.6 Å². The van der Waals surface area contributed by atoms with Gasteiger partial charge in [0, 0.05) is 17.5 Å². The largest absolute Gasteiger partial charge is 0.507 e. The van der Waals surface area contributed by atoms with Crippen molar-refractivity contribution in [1.82, 2.24) is 5.32 Å². The number of furan rings is 1. The van der Waals surface area contributed by atoms with Crippen LogP contribution in [0.25, 0.3) is 22.5 Å². The molecular formula is C26H27NO6. The third-order valence-corrected chi connectivity index (χ3v) is 5.51. The van der Waals surface area contributed by atoms with E-state index in [0.717, 1.165) is 23.1 Å². The molecule has 1 atom stereocenters. The van der Waals surface area contributed by atoms with Crippen molar-refractivity contribution in [2.45, 2.75) is 26.4 Å². The van der Waals surface area contributed by atoms with Gasteiger partial charge in [-0.3, -0.25) is 0 Å². The van der Waals surface area contributed by atoms with Crippen LogP contribution in [0.1, 0.15) is 16.7 Å². The molecule has 0 fully saturated rings. The van der Waals surface area contributed by atoms with Gasteiger partial charge < -0.3 is 29.1 Å². The number of hydrogen-bond donors (Lipinski definition) is 3. The van der Waals surface area contributed by atoms with E-state index in [1.54, 1.807) is 13.0 Å². The number of aliphatic hydroxyl groups excluding tert-OH is 1. The maximum Gasteiger partial charge on any atom is 0.343 e. The summed E-state index contributed by atoms with van der Waals surface area (Å²) < 4.78 is 16.8. The first-order chi connectivity index (χ1) is 15.9. The maximum absolute atomic E-state index is 12.0. The molecule has 4 aromatic rings. The molecule has 0 aliphatic carbocycles. The van der Waals surface area contributed by atoms with Gasteiger partial charge in [0.15, 0.2) is 11.5 Å². The van der Waals surface area contributed by atoms with Crippen molar-refractivity contribution < 1.29 is 23.8 Å². The molecule has 2 aromatic carbocycles. The zero-order chi connectivity index (χ0) is 23.4. The van der Waals surface area contributed by atoms with Crippen LogP contribution >= 0.6 is 0 Å². The number of ether oxygens (including phenoxy) is 1. The van der Waals surface area contributed by atoms with E-state index in [-0.39, 0.29) is 23.7 Å². The zero-order valence-corrected chi connectivity index (χ0v) is 18.6. The molecule has 172 valence electrons. The fourth-order valence-corrected chi connectivity index (χ4v) is 3.60. The van der Waals surface area contributed by atoms with Gasteiger partial charge in [0.25, 0.3) is 0 Å². The van der Waals surface area contributed by atoms with E-state index < -0.39 is 11.7 Å². The molecule has 0 saturated carbocycles. The quantitative estimate of drug-likeness (QED) is 0.332. The summed E-state index contributed by atoms with van der Waals surface area (Å²) in [6, 6.07) is 17.1. The average Bonchev–Trinajstić information content (AvgIpc) is 3.25. The van der Waals surface area contributed by atoms with E-state index in [9.17, 15) is 15.0 Å². The summed E-state index contributed by atoms with van der Waals surface area (Å²) in [5.41, 5.74) is 1.82. The molecule has 3 N–H and O–H groups in total. The summed E-state index contributed by atoms with van der Waals surface area (Å²) in [4.78, 5) is 12.0. The third-order valence-electron chi connectivity index (χ3n) is 5.51.